The summed E-state index contributed by atoms with van der Waals surface area (Å²) in [5, 5.41) is 11.6. The monoisotopic (exact) mass is 402 g/mol. The van der Waals surface area contributed by atoms with E-state index in [1.807, 2.05) is 18.2 Å². The molecule has 1 aromatic carbocycles. The first-order chi connectivity index (χ1) is 13.5. The van der Waals surface area contributed by atoms with Gasteiger partial charge in [0.1, 0.15) is 5.75 Å². The van der Waals surface area contributed by atoms with Crippen LogP contribution in [-0.2, 0) is 17.8 Å². The van der Waals surface area contributed by atoms with Crippen molar-refractivity contribution >= 4 is 28.9 Å². The van der Waals surface area contributed by atoms with Crippen LogP contribution < -0.4 is 20.7 Å². The first-order valence-electron chi connectivity index (χ1n) is 9.50. The minimum absolute atomic E-state index is 0.131. The molecule has 0 saturated carbocycles. The van der Waals surface area contributed by atoms with Crippen LogP contribution in [0.2, 0.25) is 0 Å². The lowest BCUT2D eigenvalue weighted by Crippen LogP contribution is -2.39. The van der Waals surface area contributed by atoms with E-state index >= 15 is 0 Å². The molecule has 152 valence electrons. The van der Waals surface area contributed by atoms with E-state index in [1.165, 1.54) is 11.8 Å². The largest absolute Gasteiger partial charge is 0.495 e. The molecule has 0 fully saturated rings. The molecular weight excluding hydrogens is 372 g/mol. The highest BCUT2D eigenvalue weighted by molar-refractivity contribution is 7.09. The second-order valence-corrected chi connectivity index (χ2v) is 7.71. The molecule has 0 aliphatic heterocycles. The topological polar surface area (TPSA) is 74.8 Å². The van der Waals surface area contributed by atoms with E-state index in [2.05, 4.69) is 52.3 Å². The fourth-order valence-electron chi connectivity index (χ4n) is 2.77. The third-order valence-electron chi connectivity index (χ3n) is 4.09. The van der Waals surface area contributed by atoms with E-state index in [0.717, 1.165) is 31.0 Å². The molecule has 2 aromatic rings. The van der Waals surface area contributed by atoms with Gasteiger partial charge in [-0.3, -0.25) is 4.79 Å². The molecule has 0 radical (unpaired) electrons. The molecule has 1 heterocycles. The predicted molar refractivity (Wildman–Crippen MR) is 117 cm³/mol. The van der Waals surface area contributed by atoms with Gasteiger partial charge in [0.05, 0.1) is 19.3 Å². The first kappa shape index (κ1) is 21.8. The number of aliphatic imine (C=N–C) groups is 1. The van der Waals surface area contributed by atoms with Gasteiger partial charge in [0.2, 0.25) is 5.91 Å². The number of methoxy groups -OCH3 is 1. The average molecular weight is 403 g/mol. The maximum atomic E-state index is 11.4. The highest BCUT2D eigenvalue weighted by atomic mass is 32.1. The Kier molecular flexibility index (Phi) is 8.81. The molecule has 0 spiro atoms. The molecule has 0 aliphatic carbocycles. The summed E-state index contributed by atoms with van der Waals surface area (Å²) >= 11 is 1.80. The van der Waals surface area contributed by atoms with E-state index in [1.54, 1.807) is 18.4 Å². The molecule has 1 amide bonds. The van der Waals surface area contributed by atoms with Gasteiger partial charge >= 0.3 is 0 Å². The number of thiophene rings is 1. The first-order valence-corrected chi connectivity index (χ1v) is 10.4. The van der Waals surface area contributed by atoms with Gasteiger partial charge in [-0.15, -0.1) is 11.3 Å². The Morgan fingerprint density at radius 2 is 2.11 bits per heavy atom. The van der Waals surface area contributed by atoms with Crippen LogP contribution in [0.3, 0.4) is 0 Å². The number of amides is 1. The Morgan fingerprint density at radius 1 is 1.29 bits per heavy atom. The van der Waals surface area contributed by atoms with Crippen molar-refractivity contribution in [3.63, 3.8) is 0 Å². The number of carbonyl (C=O) groups is 1. The number of anilines is 1. The number of hydrogen-bond acceptors (Lipinski definition) is 4. The summed E-state index contributed by atoms with van der Waals surface area (Å²) in [6.07, 6.45) is 1.06. The number of nitrogens with one attached hydrogen (secondary N) is 3. The Morgan fingerprint density at radius 3 is 2.75 bits per heavy atom. The van der Waals surface area contributed by atoms with Crippen LogP contribution in [0.1, 0.15) is 31.2 Å². The number of nitrogens with zero attached hydrogens (tertiary/aromatic N) is 1. The third-order valence-corrected chi connectivity index (χ3v) is 4.98. The summed E-state index contributed by atoms with van der Waals surface area (Å²) in [6, 6.07) is 9.97. The van der Waals surface area contributed by atoms with Gasteiger partial charge in [0.15, 0.2) is 5.96 Å². The molecule has 1 aromatic heterocycles. The van der Waals surface area contributed by atoms with Gasteiger partial charge < -0.3 is 20.7 Å². The summed E-state index contributed by atoms with van der Waals surface area (Å²) < 4.78 is 5.30. The predicted octanol–water partition coefficient (Wildman–Crippen LogP) is 3.65. The van der Waals surface area contributed by atoms with Gasteiger partial charge in [-0.2, -0.15) is 0 Å². The van der Waals surface area contributed by atoms with Crippen molar-refractivity contribution in [1.29, 1.82) is 0 Å². The minimum Gasteiger partial charge on any atom is -0.495 e. The SMILES string of the molecule is CCNC(=NCc1ccc(OC)c(NC(C)=O)c1)NCC(C)Cc1cccs1. The molecule has 28 heavy (non-hydrogen) atoms. The molecule has 6 nitrogen and oxygen atoms in total. The summed E-state index contributed by atoms with van der Waals surface area (Å²) in [5.41, 5.74) is 1.65. The quantitative estimate of drug-likeness (QED) is 0.442. The third kappa shape index (κ3) is 7.23. The molecule has 3 N–H and O–H groups in total. The zero-order valence-electron chi connectivity index (χ0n) is 17.0. The normalized spacial score (nSPS) is 12.4. The van der Waals surface area contributed by atoms with Crippen molar-refractivity contribution in [2.24, 2.45) is 10.9 Å². The van der Waals surface area contributed by atoms with Crippen LogP contribution in [0, 0.1) is 5.92 Å². The molecule has 0 saturated heterocycles. The smallest absolute Gasteiger partial charge is 0.221 e. The average Bonchev–Trinajstić information content (AvgIpc) is 3.16. The Hall–Kier alpha value is -2.54. The van der Waals surface area contributed by atoms with Crippen molar-refractivity contribution in [1.82, 2.24) is 10.6 Å². The van der Waals surface area contributed by atoms with Crippen molar-refractivity contribution in [2.45, 2.75) is 33.7 Å². The molecule has 0 bridgehead atoms. The fourth-order valence-corrected chi connectivity index (χ4v) is 3.64. The lowest BCUT2D eigenvalue weighted by Gasteiger charge is -2.16. The van der Waals surface area contributed by atoms with Gasteiger partial charge in [0.25, 0.3) is 0 Å². The van der Waals surface area contributed by atoms with Crippen LogP contribution in [-0.4, -0.2) is 32.1 Å². The number of guanidine groups is 1. The number of ether oxygens (including phenoxy) is 1. The van der Waals surface area contributed by atoms with E-state index in [-0.39, 0.29) is 5.91 Å². The maximum Gasteiger partial charge on any atom is 0.221 e. The zero-order valence-corrected chi connectivity index (χ0v) is 17.9. The van der Waals surface area contributed by atoms with Crippen LogP contribution in [0.25, 0.3) is 0 Å². The summed E-state index contributed by atoms with van der Waals surface area (Å²) in [5.74, 6) is 1.80. The molecule has 7 heteroatoms. The van der Waals surface area contributed by atoms with Gasteiger partial charge in [-0.1, -0.05) is 19.1 Å². The van der Waals surface area contributed by atoms with Crippen LogP contribution in [0.4, 0.5) is 5.69 Å². The lowest BCUT2D eigenvalue weighted by molar-refractivity contribution is -0.114. The highest BCUT2D eigenvalue weighted by Gasteiger charge is 2.08. The van der Waals surface area contributed by atoms with Crippen molar-refractivity contribution in [2.75, 3.05) is 25.5 Å². The summed E-state index contributed by atoms with van der Waals surface area (Å²) in [6.45, 7) is 7.92. The Labute approximate surface area is 171 Å². The summed E-state index contributed by atoms with van der Waals surface area (Å²) in [4.78, 5) is 17.5. The van der Waals surface area contributed by atoms with Gasteiger partial charge in [-0.05, 0) is 48.4 Å². The molecule has 0 aliphatic rings. The molecular formula is C21H30N4O2S. The number of carbonyl (C=O) groups excluding carboxylic acids is 1. The van der Waals surface area contributed by atoms with Crippen LogP contribution in [0.15, 0.2) is 40.7 Å². The molecule has 2 rings (SSSR count). The van der Waals surface area contributed by atoms with Crippen molar-refractivity contribution < 1.29 is 9.53 Å². The Bertz CT molecular complexity index is 775. The standard InChI is InChI=1S/C21H30N4O2S/c1-5-22-21(23-13-15(2)11-18-7-6-10-28-18)24-14-17-8-9-20(27-4)19(12-17)25-16(3)26/h6-10,12,15H,5,11,13-14H2,1-4H3,(H,25,26)(H2,22,23,24). The minimum atomic E-state index is -0.131. The highest BCUT2D eigenvalue weighted by Crippen LogP contribution is 2.25. The second-order valence-electron chi connectivity index (χ2n) is 6.68. The van der Waals surface area contributed by atoms with E-state index in [0.29, 0.717) is 23.9 Å². The number of hydrogen-bond donors (Lipinski definition) is 3. The fraction of sp³-hybridized carbons (Fsp3) is 0.429. The van der Waals surface area contributed by atoms with Gasteiger partial charge in [0, 0.05) is 24.9 Å². The van der Waals surface area contributed by atoms with E-state index < -0.39 is 0 Å². The van der Waals surface area contributed by atoms with Crippen LogP contribution >= 0.6 is 11.3 Å². The zero-order chi connectivity index (χ0) is 20.4. The van der Waals surface area contributed by atoms with Crippen molar-refractivity contribution in [3.05, 3.63) is 46.2 Å². The van der Waals surface area contributed by atoms with Crippen molar-refractivity contribution in [3.8, 4) is 5.75 Å². The van der Waals surface area contributed by atoms with Crippen LogP contribution in [0.5, 0.6) is 5.75 Å². The molecule has 1 unspecified atom stereocenters. The maximum absolute atomic E-state index is 11.4. The molecule has 1 atom stereocenters. The summed E-state index contributed by atoms with van der Waals surface area (Å²) in [7, 11) is 1.59. The Balaban J connectivity index is 1.98. The second kappa shape index (κ2) is 11.3. The number of benzene rings is 1. The number of rotatable bonds is 9. The van der Waals surface area contributed by atoms with E-state index in [4.69, 9.17) is 4.74 Å². The van der Waals surface area contributed by atoms with Gasteiger partial charge in [-0.25, -0.2) is 4.99 Å². The van der Waals surface area contributed by atoms with E-state index in [9.17, 15) is 4.79 Å². The lowest BCUT2D eigenvalue weighted by atomic mass is 10.1.